The van der Waals surface area contributed by atoms with Crippen LogP contribution in [0.4, 0.5) is 0 Å². The Morgan fingerprint density at radius 1 is 1.29 bits per heavy atom. The van der Waals surface area contributed by atoms with Gasteiger partial charge in [0, 0.05) is 0 Å². The van der Waals surface area contributed by atoms with Crippen LogP contribution in [-0.2, 0) is 17.6 Å². The molecule has 2 rings (SSSR count). The Morgan fingerprint density at radius 2 is 2.00 bits per heavy atom. The van der Waals surface area contributed by atoms with Crippen molar-refractivity contribution in [3.8, 4) is 5.75 Å². The van der Waals surface area contributed by atoms with E-state index in [2.05, 4.69) is 11.4 Å². The van der Waals surface area contributed by atoms with Gasteiger partial charge >= 0.3 is 0 Å². The molecule has 0 atom stereocenters. The van der Waals surface area contributed by atoms with Crippen molar-refractivity contribution in [3.63, 3.8) is 0 Å². The summed E-state index contributed by atoms with van der Waals surface area (Å²) in [6.07, 6.45) is 4.83. The number of hydrogen-bond donors (Lipinski definition) is 2. The van der Waals surface area contributed by atoms with E-state index in [-0.39, 0.29) is 19.1 Å². The molecule has 1 aliphatic carbocycles. The van der Waals surface area contributed by atoms with Crippen LogP contribution in [0.5, 0.6) is 5.75 Å². The lowest BCUT2D eigenvalue weighted by molar-refractivity contribution is -0.125. The zero-order valence-electron chi connectivity index (χ0n) is 12.9. The lowest BCUT2D eigenvalue weighted by Gasteiger charge is -2.30. The third-order valence-corrected chi connectivity index (χ3v) is 4.50. The highest BCUT2D eigenvalue weighted by Gasteiger charge is 2.27. The maximum absolute atomic E-state index is 12.0. The van der Waals surface area contributed by atoms with Gasteiger partial charge in [0.25, 0.3) is 5.91 Å². The minimum Gasteiger partial charge on any atom is -0.484 e. The standard InChI is InChI=1S/C17H25NO3/c1-3-17(4-2,12-19)18-16(20)11-21-15-9-8-13-6-5-7-14(13)10-15/h8-10,19H,3-7,11-12H2,1-2H3,(H,18,20). The Kier molecular flexibility index (Phi) is 5.23. The van der Waals surface area contributed by atoms with Gasteiger partial charge in [-0.05, 0) is 55.4 Å². The lowest BCUT2D eigenvalue weighted by Crippen LogP contribution is -2.51. The van der Waals surface area contributed by atoms with Gasteiger partial charge in [0.2, 0.25) is 0 Å². The fraction of sp³-hybridized carbons (Fsp3) is 0.588. The van der Waals surface area contributed by atoms with Crippen molar-refractivity contribution in [2.45, 2.75) is 51.5 Å². The summed E-state index contributed by atoms with van der Waals surface area (Å²) in [5.74, 6) is 0.557. The number of benzene rings is 1. The summed E-state index contributed by atoms with van der Waals surface area (Å²) < 4.78 is 5.58. The molecule has 2 N–H and O–H groups in total. The molecular weight excluding hydrogens is 266 g/mol. The summed E-state index contributed by atoms with van der Waals surface area (Å²) >= 11 is 0. The van der Waals surface area contributed by atoms with Crippen LogP contribution in [-0.4, -0.2) is 29.8 Å². The maximum Gasteiger partial charge on any atom is 0.258 e. The number of aliphatic hydroxyl groups excluding tert-OH is 1. The summed E-state index contributed by atoms with van der Waals surface area (Å²) in [6.45, 7) is 3.85. The molecule has 0 heterocycles. The Labute approximate surface area is 126 Å². The number of carbonyl (C=O) groups excluding carboxylic acids is 1. The van der Waals surface area contributed by atoms with Crippen molar-refractivity contribution in [1.29, 1.82) is 0 Å². The molecular formula is C17H25NO3. The zero-order chi connectivity index (χ0) is 15.3. The maximum atomic E-state index is 12.0. The molecule has 4 nitrogen and oxygen atoms in total. The Balaban J connectivity index is 1.89. The van der Waals surface area contributed by atoms with Crippen LogP contribution in [0.3, 0.4) is 0 Å². The molecule has 21 heavy (non-hydrogen) atoms. The van der Waals surface area contributed by atoms with Gasteiger partial charge in [-0.1, -0.05) is 19.9 Å². The van der Waals surface area contributed by atoms with Gasteiger partial charge in [0.05, 0.1) is 12.1 Å². The summed E-state index contributed by atoms with van der Waals surface area (Å²) in [6, 6.07) is 6.05. The highest BCUT2D eigenvalue weighted by molar-refractivity contribution is 5.78. The lowest BCUT2D eigenvalue weighted by atomic mass is 9.94. The van der Waals surface area contributed by atoms with Crippen molar-refractivity contribution in [3.05, 3.63) is 29.3 Å². The van der Waals surface area contributed by atoms with Crippen molar-refractivity contribution in [1.82, 2.24) is 5.32 Å². The van der Waals surface area contributed by atoms with Gasteiger partial charge in [-0.2, -0.15) is 0 Å². The zero-order valence-corrected chi connectivity index (χ0v) is 12.9. The third-order valence-electron chi connectivity index (χ3n) is 4.50. The molecule has 4 heteroatoms. The summed E-state index contributed by atoms with van der Waals surface area (Å²) in [4.78, 5) is 12.0. The Morgan fingerprint density at radius 3 is 2.67 bits per heavy atom. The monoisotopic (exact) mass is 291 g/mol. The van der Waals surface area contributed by atoms with Crippen molar-refractivity contribution >= 4 is 5.91 Å². The number of nitrogens with one attached hydrogen (secondary N) is 1. The number of aliphatic hydroxyl groups is 1. The fourth-order valence-corrected chi connectivity index (χ4v) is 2.81. The van der Waals surface area contributed by atoms with Crippen LogP contribution in [0.15, 0.2) is 18.2 Å². The molecule has 0 saturated carbocycles. The fourth-order valence-electron chi connectivity index (χ4n) is 2.81. The molecule has 0 radical (unpaired) electrons. The molecule has 0 fully saturated rings. The third kappa shape index (κ3) is 3.76. The minimum atomic E-state index is -0.529. The van der Waals surface area contributed by atoms with Crippen LogP contribution >= 0.6 is 0 Å². The summed E-state index contributed by atoms with van der Waals surface area (Å²) in [5, 5.41) is 12.3. The van der Waals surface area contributed by atoms with Crippen LogP contribution in [0.25, 0.3) is 0 Å². The second-order valence-corrected chi connectivity index (χ2v) is 5.77. The van der Waals surface area contributed by atoms with E-state index >= 15 is 0 Å². The molecule has 0 spiro atoms. The molecule has 0 saturated heterocycles. The molecule has 1 aliphatic rings. The first-order valence-electron chi connectivity index (χ1n) is 7.79. The van der Waals surface area contributed by atoms with Crippen LogP contribution < -0.4 is 10.1 Å². The van der Waals surface area contributed by atoms with E-state index < -0.39 is 5.54 Å². The first-order chi connectivity index (χ1) is 10.1. The van der Waals surface area contributed by atoms with E-state index in [1.54, 1.807) is 0 Å². The number of aryl methyl sites for hydroxylation is 2. The Bertz CT molecular complexity index is 487. The highest BCUT2D eigenvalue weighted by Crippen LogP contribution is 2.26. The van der Waals surface area contributed by atoms with Gasteiger partial charge in [0.15, 0.2) is 6.61 Å². The largest absolute Gasteiger partial charge is 0.484 e. The van der Waals surface area contributed by atoms with E-state index in [4.69, 9.17) is 4.74 Å². The topological polar surface area (TPSA) is 58.6 Å². The SMILES string of the molecule is CCC(CC)(CO)NC(=O)COc1ccc2c(c1)CCC2. The second-order valence-electron chi connectivity index (χ2n) is 5.77. The van der Waals surface area contributed by atoms with E-state index in [1.165, 1.54) is 17.5 Å². The van der Waals surface area contributed by atoms with Crippen LogP contribution in [0.2, 0.25) is 0 Å². The van der Waals surface area contributed by atoms with Gasteiger partial charge in [0.1, 0.15) is 5.75 Å². The first kappa shape index (κ1) is 15.8. The first-order valence-corrected chi connectivity index (χ1v) is 7.79. The highest BCUT2D eigenvalue weighted by atomic mass is 16.5. The quantitative estimate of drug-likeness (QED) is 0.810. The average molecular weight is 291 g/mol. The number of amides is 1. The van der Waals surface area contributed by atoms with E-state index in [0.717, 1.165) is 18.6 Å². The molecule has 116 valence electrons. The number of ether oxygens (including phenoxy) is 1. The number of hydrogen-bond acceptors (Lipinski definition) is 3. The summed E-state index contributed by atoms with van der Waals surface area (Å²) in [5.41, 5.74) is 2.20. The molecule has 0 aromatic heterocycles. The number of rotatable bonds is 7. The van der Waals surface area contributed by atoms with Crippen molar-refractivity contribution in [2.24, 2.45) is 0 Å². The van der Waals surface area contributed by atoms with E-state index in [9.17, 15) is 9.90 Å². The average Bonchev–Trinajstić information content (AvgIpc) is 2.98. The molecule has 0 aliphatic heterocycles. The van der Waals surface area contributed by atoms with Crippen LogP contribution in [0.1, 0.15) is 44.2 Å². The second kappa shape index (κ2) is 6.94. The molecule has 1 aromatic rings. The predicted molar refractivity (Wildman–Crippen MR) is 82.5 cm³/mol. The molecule has 1 amide bonds. The smallest absolute Gasteiger partial charge is 0.258 e. The predicted octanol–water partition coefficient (Wildman–Crippen LogP) is 2.22. The van der Waals surface area contributed by atoms with E-state index in [1.807, 2.05) is 26.0 Å². The van der Waals surface area contributed by atoms with Gasteiger partial charge < -0.3 is 15.2 Å². The number of carbonyl (C=O) groups is 1. The summed E-state index contributed by atoms with van der Waals surface area (Å²) in [7, 11) is 0. The van der Waals surface area contributed by atoms with Gasteiger partial charge in [-0.3, -0.25) is 4.79 Å². The van der Waals surface area contributed by atoms with E-state index in [0.29, 0.717) is 12.8 Å². The van der Waals surface area contributed by atoms with Gasteiger partial charge in [-0.25, -0.2) is 0 Å². The van der Waals surface area contributed by atoms with Crippen LogP contribution in [0, 0.1) is 0 Å². The van der Waals surface area contributed by atoms with Crippen molar-refractivity contribution in [2.75, 3.05) is 13.2 Å². The Hall–Kier alpha value is -1.55. The van der Waals surface area contributed by atoms with Crippen molar-refractivity contribution < 1.29 is 14.6 Å². The molecule has 0 unspecified atom stereocenters. The molecule has 0 bridgehead atoms. The van der Waals surface area contributed by atoms with Gasteiger partial charge in [-0.15, -0.1) is 0 Å². The number of fused-ring (bicyclic) bond motifs is 1. The normalized spacial score (nSPS) is 13.9. The minimum absolute atomic E-state index is 0.0134. The molecule has 1 aromatic carbocycles.